The molecular formula is C8H15N3O3S. The van der Waals surface area contributed by atoms with Crippen LogP contribution in [0.15, 0.2) is 9.42 Å². The zero-order valence-electron chi connectivity index (χ0n) is 9.02. The predicted octanol–water partition coefficient (Wildman–Crippen LogP) is 0.507. The summed E-state index contributed by atoms with van der Waals surface area (Å²) in [6.45, 7) is 5.09. The fourth-order valence-electron chi connectivity index (χ4n) is 1.36. The molecule has 0 aliphatic carbocycles. The number of hydrogen-bond acceptors (Lipinski definition) is 6. The molecule has 1 aromatic heterocycles. The molecule has 86 valence electrons. The molecule has 1 rings (SSSR count). The lowest BCUT2D eigenvalue weighted by molar-refractivity contribution is 0.434. The molecule has 0 amide bonds. The first-order chi connectivity index (χ1) is 6.91. The molecule has 0 bridgehead atoms. The molecule has 15 heavy (non-hydrogen) atoms. The Morgan fingerprint density at radius 2 is 1.93 bits per heavy atom. The first kappa shape index (κ1) is 11.8. The Hall–Kier alpha value is -1.24. The fraction of sp³-hybridized carbons (Fsp3) is 0.625. The maximum atomic E-state index is 11.5. The summed E-state index contributed by atoms with van der Waals surface area (Å²) >= 11 is 0. The summed E-state index contributed by atoms with van der Waals surface area (Å²) in [4.78, 5) is 1.75. The molecule has 1 aromatic rings. The van der Waals surface area contributed by atoms with E-state index in [1.54, 1.807) is 4.90 Å². The first-order valence-electron chi connectivity index (χ1n) is 4.61. The molecule has 7 heteroatoms. The van der Waals surface area contributed by atoms with Crippen molar-refractivity contribution in [3.63, 3.8) is 0 Å². The third-order valence-corrected chi connectivity index (χ3v) is 3.22. The van der Waals surface area contributed by atoms with Gasteiger partial charge in [-0.05, 0) is 13.8 Å². The first-order valence-corrected chi connectivity index (χ1v) is 6.51. The molecule has 0 aliphatic heterocycles. The molecular weight excluding hydrogens is 218 g/mol. The standard InChI is InChI=1S/C8H15N3O3S/c1-4-11(5-2)8-6(15(3,12)13)7(9)14-10-8/h4-5,9H2,1-3H3. The van der Waals surface area contributed by atoms with Gasteiger partial charge in [-0.3, -0.25) is 0 Å². The predicted molar refractivity (Wildman–Crippen MR) is 57.6 cm³/mol. The van der Waals surface area contributed by atoms with E-state index >= 15 is 0 Å². The number of rotatable bonds is 4. The lowest BCUT2D eigenvalue weighted by atomic mass is 10.4. The van der Waals surface area contributed by atoms with Crippen LogP contribution in [-0.2, 0) is 9.84 Å². The average molecular weight is 233 g/mol. The van der Waals surface area contributed by atoms with Gasteiger partial charge in [0.15, 0.2) is 20.6 Å². The highest BCUT2D eigenvalue weighted by molar-refractivity contribution is 7.91. The molecule has 0 atom stereocenters. The van der Waals surface area contributed by atoms with Crippen molar-refractivity contribution in [2.45, 2.75) is 18.7 Å². The summed E-state index contributed by atoms with van der Waals surface area (Å²) in [5.41, 5.74) is 5.44. The molecule has 0 unspecified atom stereocenters. The van der Waals surface area contributed by atoms with Gasteiger partial charge in [-0.1, -0.05) is 5.16 Å². The minimum atomic E-state index is -3.41. The highest BCUT2D eigenvalue weighted by atomic mass is 32.2. The van der Waals surface area contributed by atoms with Crippen LogP contribution >= 0.6 is 0 Å². The fourth-order valence-corrected chi connectivity index (χ4v) is 2.26. The zero-order chi connectivity index (χ0) is 11.6. The third-order valence-electron chi connectivity index (χ3n) is 2.09. The molecule has 2 N–H and O–H groups in total. The van der Waals surface area contributed by atoms with Crippen molar-refractivity contribution < 1.29 is 12.9 Å². The van der Waals surface area contributed by atoms with Crippen LogP contribution in [0.5, 0.6) is 0 Å². The van der Waals surface area contributed by atoms with Gasteiger partial charge in [-0.15, -0.1) is 0 Å². The van der Waals surface area contributed by atoms with Crippen LogP contribution in [0.3, 0.4) is 0 Å². The molecule has 0 aromatic carbocycles. The average Bonchev–Trinajstić information content (AvgIpc) is 2.49. The van der Waals surface area contributed by atoms with E-state index in [0.29, 0.717) is 18.9 Å². The van der Waals surface area contributed by atoms with Crippen molar-refractivity contribution in [3.05, 3.63) is 0 Å². The lowest BCUT2D eigenvalue weighted by Crippen LogP contribution is -2.24. The van der Waals surface area contributed by atoms with Crippen LogP contribution in [0.1, 0.15) is 13.8 Å². The molecule has 0 saturated carbocycles. The largest absolute Gasteiger partial charge is 0.366 e. The van der Waals surface area contributed by atoms with Crippen LogP contribution < -0.4 is 10.6 Å². The van der Waals surface area contributed by atoms with Crippen LogP contribution in [0.2, 0.25) is 0 Å². The second kappa shape index (κ2) is 4.09. The highest BCUT2D eigenvalue weighted by Crippen LogP contribution is 2.29. The highest BCUT2D eigenvalue weighted by Gasteiger charge is 2.25. The van der Waals surface area contributed by atoms with Crippen molar-refractivity contribution in [2.24, 2.45) is 0 Å². The SMILES string of the molecule is CCN(CC)c1noc(N)c1S(C)(=O)=O. The Balaban J connectivity index is 3.32. The Labute approximate surface area is 88.9 Å². The number of nitrogen functional groups attached to an aromatic ring is 1. The van der Waals surface area contributed by atoms with Gasteiger partial charge in [0.25, 0.3) is 0 Å². The Morgan fingerprint density at radius 1 is 1.40 bits per heavy atom. The Morgan fingerprint density at radius 3 is 2.33 bits per heavy atom. The van der Waals surface area contributed by atoms with E-state index in [-0.39, 0.29) is 10.8 Å². The van der Waals surface area contributed by atoms with E-state index in [1.807, 2.05) is 13.8 Å². The van der Waals surface area contributed by atoms with Gasteiger partial charge in [0.05, 0.1) is 0 Å². The van der Waals surface area contributed by atoms with E-state index in [0.717, 1.165) is 6.26 Å². The van der Waals surface area contributed by atoms with Gasteiger partial charge < -0.3 is 15.2 Å². The summed E-state index contributed by atoms with van der Waals surface area (Å²) in [7, 11) is -3.41. The van der Waals surface area contributed by atoms with Gasteiger partial charge in [-0.2, -0.15) is 0 Å². The maximum absolute atomic E-state index is 11.5. The lowest BCUT2D eigenvalue weighted by Gasteiger charge is -2.17. The summed E-state index contributed by atoms with van der Waals surface area (Å²) in [5, 5.41) is 3.67. The van der Waals surface area contributed by atoms with Crippen molar-refractivity contribution in [3.8, 4) is 0 Å². The summed E-state index contributed by atoms with van der Waals surface area (Å²) in [6.07, 6.45) is 1.09. The molecule has 1 heterocycles. The second-order valence-electron chi connectivity index (χ2n) is 3.14. The van der Waals surface area contributed by atoms with E-state index in [2.05, 4.69) is 5.16 Å². The van der Waals surface area contributed by atoms with Gasteiger partial charge in [-0.25, -0.2) is 8.42 Å². The Kier molecular flexibility index (Phi) is 3.23. The van der Waals surface area contributed by atoms with E-state index in [1.165, 1.54) is 0 Å². The van der Waals surface area contributed by atoms with Crippen molar-refractivity contribution in [2.75, 3.05) is 30.0 Å². The molecule has 0 fully saturated rings. The van der Waals surface area contributed by atoms with Crippen molar-refractivity contribution in [1.82, 2.24) is 5.16 Å². The maximum Gasteiger partial charge on any atom is 0.243 e. The van der Waals surface area contributed by atoms with Gasteiger partial charge in [0.1, 0.15) is 0 Å². The number of nitrogens with zero attached hydrogens (tertiary/aromatic N) is 2. The molecule has 0 radical (unpaired) electrons. The normalized spacial score (nSPS) is 11.7. The van der Waals surface area contributed by atoms with Gasteiger partial charge in [0.2, 0.25) is 5.88 Å². The minimum absolute atomic E-state index is 0.0220. The zero-order valence-corrected chi connectivity index (χ0v) is 9.84. The second-order valence-corrected chi connectivity index (χ2v) is 5.10. The van der Waals surface area contributed by atoms with Gasteiger partial charge >= 0.3 is 0 Å². The van der Waals surface area contributed by atoms with Crippen LogP contribution in [0, 0.1) is 0 Å². The monoisotopic (exact) mass is 233 g/mol. The smallest absolute Gasteiger partial charge is 0.243 e. The van der Waals surface area contributed by atoms with Crippen LogP contribution in [0.4, 0.5) is 11.7 Å². The van der Waals surface area contributed by atoms with E-state index < -0.39 is 9.84 Å². The third kappa shape index (κ3) is 2.23. The molecule has 0 saturated heterocycles. The summed E-state index contributed by atoms with van der Waals surface area (Å²) in [6, 6.07) is 0. The van der Waals surface area contributed by atoms with Crippen molar-refractivity contribution in [1.29, 1.82) is 0 Å². The van der Waals surface area contributed by atoms with Gasteiger partial charge in [0, 0.05) is 19.3 Å². The molecule has 0 aliphatic rings. The number of nitrogens with two attached hydrogens (primary N) is 1. The topological polar surface area (TPSA) is 89.4 Å². The van der Waals surface area contributed by atoms with Crippen LogP contribution in [0.25, 0.3) is 0 Å². The molecule has 0 spiro atoms. The number of anilines is 2. The summed E-state index contributed by atoms with van der Waals surface area (Å²) in [5.74, 6) is 0.138. The van der Waals surface area contributed by atoms with E-state index in [9.17, 15) is 8.42 Å². The number of sulfone groups is 1. The van der Waals surface area contributed by atoms with Crippen molar-refractivity contribution >= 4 is 21.5 Å². The van der Waals surface area contributed by atoms with Crippen LogP contribution in [-0.4, -0.2) is 32.9 Å². The quantitative estimate of drug-likeness (QED) is 0.814. The molecule has 6 nitrogen and oxygen atoms in total. The minimum Gasteiger partial charge on any atom is -0.366 e. The Bertz CT molecular complexity index is 434. The summed E-state index contributed by atoms with van der Waals surface area (Å²) < 4.78 is 27.6. The number of aromatic nitrogens is 1. The number of hydrogen-bond donors (Lipinski definition) is 1. The van der Waals surface area contributed by atoms with E-state index in [4.69, 9.17) is 10.3 Å².